The van der Waals surface area contributed by atoms with E-state index in [-0.39, 0.29) is 5.91 Å². The summed E-state index contributed by atoms with van der Waals surface area (Å²) >= 11 is 4.67. The smallest absolute Gasteiger partial charge is 0.277 e. The zero-order valence-corrected chi connectivity index (χ0v) is 15.9. The van der Waals surface area contributed by atoms with Crippen molar-refractivity contribution < 1.29 is 9.21 Å². The number of thioether (sulfide) groups is 1. The molecule has 1 heterocycles. The first-order valence-corrected chi connectivity index (χ1v) is 9.91. The van der Waals surface area contributed by atoms with Gasteiger partial charge < -0.3 is 9.73 Å². The Kier molecular flexibility index (Phi) is 5.94. The second-order valence-electron chi connectivity index (χ2n) is 6.10. The maximum atomic E-state index is 12.1. The molecule has 128 valence electrons. The van der Waals surface area contributed by atoms with Gasteiger partial charge in [-0.05, 0) is 43.0 Å². The molecule has 3 rings (SSSR count). The zero-order valence-electron chi connectivity index (χ0n) is 13.5. The second kappa shape index (κ2) is 8.16. The van der Waals surface area contributed by atoms with Crippen LogP contribution in [0.5, 0.6) is 0 Å². The van der Waals surface area contributed by atoms with E-state index in [0.717, 1.165) is 16.5 Å². The number of carbonyl (C=O) groups is 1. The highest BCUT2D eigenvalue weighted by Gasteiger charge is 2.23. The predicted octanol–water partition coefficient (Wildman–Crippen LogP) is 4.29. The minimum atomic E-state index is 0.0298. The van der Waals surface area contributed by atoms with Crippen LogP contribution in [0, 0.1) is 5.92 Å². The molecule has 2 atom stereocenters. The van der Waals surface area contributed by atoms with Gasteiger partial charge in [0.1, 0.15) is 0 Å². The van der Waals surface area contributed by atoms with Crippen molar-refractivity contribution in [1.82, 2.24) is 15.5 Å². The normalized spacial score (nSPS) is 20.8. The van der Waals surface area contributed by atoms with Crippen LogP contribution in [0.2, 0.25) is 0 Å². The van der Waals surface area contributed by atoms with Crippen molar-refractivity contribution in [2.75, 3.05) is 5.75 Å². The van der Waals surface area contributed by atoms with Gasteiger partial charge in [-0.25, -0.2) is 0 Å². The lowest BCUT2D eigenvalue weighted by Gasteiger charge is -2.29. The molecule has 24 heavy (non-hydrogen) atoms. The number of halogens is 1. The van der Waals surface area contributed by atoms with Crippen molar-refractivity contribution in [3.8, 4) is 11.5 Å². The van der Waals surface area contributed by atoms with E-state index in [9.17, 15) is 4.79 Å². The topological polar surface area (TPSA) is 68.0 Å². The van der Waals surface area contributed by atoms with Gasteiger partial charge in [0.05, 0.1) is 5.75 Å². The summed E-state index contributed by atoms with van der Waals surface area (Å²) in [6.45, 7) is 2.21. The minimum Gasteiger partial charge on any atom is -0.411 e. The van der Waals surface area contributed by atoms with Crippen LogP contribution >= 0.6 is 27.7 Å². The molecular weight excluding hydrogens is 390 g/mol. The van der Waals surface area contributed by atoms with Crippen LogP contribution in [-0.2, 0) is 4.79 Å². The minimum absolute atomic E-state index is 0.0298. The lowest BCUT2D eigenvalue weighted by atomic mass is 9.86. The summed E-state index contributed by atoms with van der Waals surface area (Å²) in [4.78, 5) is 12.1. The number of nitrogens with zero attached hydrogens (tertiary/aromatic N) is 2. The highest BCUT2D eigenvalue weighted by Crippen LogP contribution is 2.26. The average Bonchev–Trinajstić information content (AvgIpc) is 3.05. The van der Waals surface area contributed by atoms with E-state index in [1.807, 2.05) is 24.3 Å². The molecule has 1 saturated carbocycles. The van der Waals surface area contributed by atoms with Crippen molar-refractivity contribution in [1.29, 1.82) is 0 Å². The fourth-order valence-electron chi connectivity index (χ4n) is 2.88. The molecule has 0 unspecified atom stereocenters. The van der Waals surface area contributed by atoms with Crippen LogP contribution in [-0.4, -0.2) is 27.9 Å². The van der Waals surface area contributed by atoms with Gasteiger partial charge >= 0.3 is 0 Å². The summed E-state index contributed by atoms with van der Waals surface area (Å²) in [5.74, 6) is 1.35. The highest BCUT2D eigenvalue weighted by atomic mass is 79.9. The number of nitrogens with one attached hydrogen (secondary N) is 1. The Balaban J connectivity index is 1.51. The third-order valence-electron chi connectivity index (χ3n) is 4.28. The molecule has 1 aliphatic carbocycles. The highest BCUT2D eigenvalue weighted by molar-refractivity contribution is 9.10. The first-order valence-electron chi connectivity index (χ1n) is 8.13. The third-order valence-corrected chi connectivity index (χ3v) is 5.63. The Labute approximate surface area is 154 Å². The van der Waals surface area contributed by atoms with Gasteiger partial charge in [-0.3, -0.25) is 4.79 Å². The number of carbonyl (C=O) groups excluding carboxylic acids is 1. The summed E-state index contributed by atoms with van der Waals surface area (Å²) < 4.78 is 6.61. The number of aromatic nitrogens is 2. The standard InChI is InChI=1S/C17H20BrN3O2S/c1-11-4-2-3-5-14(11)19-15(22)10-24-17-21-20-16(23-17)12-6-8-13(18)9-7-12/h6-9,11,14H,2-5,10H2,1H3,(H,19,22)/t11-,14+/m0/s1. The van der Waals surface area contributed by atoms with Gasteiger partial charge in [-0.15, -0.1) is 10.2 Å². The fourth-order valence-corrected chi connectivity index (χ4v) is 3.72. The van der Waals surface area contributed by atoms with Gasteiger partial charge in [0, 0.05) is 16.1 Å². The Morgan fingerprint density at radius 1 is 1.29 bits per heavy atom. The molecular formula is C17H20BrN3O2S. The van der Waals surface area contributed by atoms with Crippen molar-refractivity contribution in [3.05, 3.63) is 28.7 Å². The Morgan fingerprint density at radius 2 is 2.04 bits per heavy atom. The molecule has 1 aromatic heterocycles. The zero-order chi connectivity index (χ0) is 16.9. The molecule has 0 saturated heterocycles. The number of hydrogen-bond donors (Lipinski definition) is 1. The number of rotatable bonds is 5. The van der Waals surface area contributed by atoms with Crippen LogP contribution in [0.25, 0.3) is 11.5 Å². The Bertz CT molecular complexity index is 689. The first-order chi connectivity index (χ1) is 11.6. The lowest BCUT2D eigenvalue weighted by Crippen LogP contribution is -2.41. The van der Waals surface area contributed by atoms with Crippen LogP contribution in [0.15, 0.2) is 38.4 Å². The molecule has 0 aliphatic heterocycles. The summed E-state index contributed by atoms with van der Waals surface area (Å²) in [6.07, 6.45) is 4.73. The van der Waals surface area contributed by atoms with Crippen LogP contribution in [0.3, 0.4) is 0 Å². The number of benzene rings is 1. The molecule has 1 aromatic carbocycles. The molecule has 1 N–H and O–H groups in total. The summed E-state index contributed by atoms with van der Waals surface area (Å²) in [5.41, 5.74) is 0.859. The predicted molar refractivity (Wildman–Crippen MR) is 97.7 cm³/mol. The quantitative estimate of drug-likeness (QED) is 0.745. The molecule has 5 nitrogen and oxygen atoms in total. The first kappa shape index (κ1) is 17.5. The lowest BCUT2D eigenvalue weighted by molar-refractivity contribution is -0.119. The molecule has 7 heteroatoms. The van der Waals surface area contributed by atoms with Gasteiger partial charge in [-0.2, -0.15) is 0 Å². The van der Waals surface area contributed by atoms with Crippen molar-refractivity contribution in [3.63, 3.8) is 0 Å². The van der Waals surface area contributed by atoms with Gasteiger partial charge in [-0.1, -0.05) is 47.5 Å². The van der Waals surface area contributed by atoms with E-state index in [4.69, 9.17) is 4.42 Å². The molecule has 2 aromatic rings. The third kappa shape index (κ3) is 4.60. The van der Waals surface area contributed by atoms with E-state index < -0.39 is 0 Å². The molecule has 1 fully saturated rings. The maximum Gasteiger partial charge on any atom is 0.277 e. The molecule has 1 aliphatic rings. The molecule has 0 spiro atoms. The van der Waals surface area contributed by atoms with E-state index in [0.29, 0.717) is 28.8 Å². The molecule has 1 amide bonds. The van der Waals surface area contributed by atoms with Crippen LogP contribution in [0.1, 0.15) is 32.6 Å². The Hall–Kier alpha value is -1.34. The monoisotopic (exact) mass is 409 g/mol. The van der Waals surface area contributed by atoms with Crippen LogP contribution in [0.4, 0.5) is 0 Å². The second-order valence-corrected chi connectivity index (χ2v) is 7.95. The summed E-state index contributed by atoms with van der Waals surface area (Å²) in [7, 11) is 0. The maximum absolute atomic E-state index is 12.1. The number of amides is 1. The van der Waals surface area contributed by atoms with Crippen LogP contribution < -0.4 is 5.32 Å². The largest absolute Gasteiger partial charge is 0.411 e. The van der Waals surface area contributed by atoms with Gasteiger partial charge in [0.2, 0.25) is 11.8 Å². The summed E-state index contributed by atoms with van der Waals surface area (Å²) in [6, 6.07) is 7.95. The van der Waals surface area contributed by atoms with Crippen molar-refractivity contribution in [2.45, 2.75) is 43.9 Å². The SMILES string of the molecule is C[C@H]1CCCC[C@H]1NC(=O)CSc1nnc(-c2ccc(Br)cc2)o1. The van der Waals surface area contributed by atoms with Gasteiger partial charge in [0.25, 0.3) is 5.22 Å². The van der Waals surface area contributed by atoms with Crippen molar-refractivity contribution in [2.24, 2.45) is 5.92 Å². The van der Waals surface area contributed by atoms with Crippen molar-refractivity contribution >= 4 is 33.6 Å². The van der Waals surface area contributed by atoms with E-state index in [1.54, 1.807) is 0 Å². The fraction of sp³-hybridized carbons (Fsp3) is 0.471. The van der Waals surface area contributed by atoms with E-state index in [1.165, 1.54) is 31.0 Å². The van der Waals surface area contributed by atoms with Gasteiger partial charge in [0.15, 0.2) is 0 Å². The summed E-state index contributed by atoms with van der Waals surface area (Å²) in [5, 5.41) is 11.6. The molecule has 0 radical (unpaired) electrons. The molecule has 0 bridgehead atoms. The van der Waals surface area contributed by atoms with E-state index in [2.05, 4.69) is 38.4 Å². The number of hydrogen-bond acceptors (Lipinski definition) is 5. The average molecular weight is 410 g/mol. The van der Waals surface area contributed by atoms with E-state index >= 15 is 0 Å². The Morgan fingerprint density at radius 3 is 2.79 bits per heavy atom.